The first kappa shape index (κ1) is 14.5. The maximum absolute atomic E-state index is 12.2. The number of aromatic nitrogens is 1. The van der Waals surface area contributed by atoms with Crippen molar-refractivity contribution in [2.24, 2.45) is 5.92 Å². The van der Waals surface area contributed by atoms with E-state index in [1.54, 1.807) is 6.07 Å². The van der Waals surface area contributed by atoms with Crippen molar-refractivity contribution in [1.82, 2.24) is 10.3 Å². The minimum absolute atomic E-state index is 0.103. The number of nitrogens with one attached hydrogen (secondary N) is 1. The molecule has 2 unspecified atom stereocenters. The smallest absolute Gasteiger partial charge is 0.354 e. The molecule has 0 bridgehead atoms. The van der Waals surface area contributed by atoms with Crippen LogP contribution in [-0.2, 0) is 0 Å². The third-order valence-corrected chi connectivity index (χ3v) is 3.99. The zero-order valence-corrected chi connectivity index (χ0v) is 11.6. The summed E-state index contributed by atoms with van der Waals surface area (Å²) in [7, 11) is 0. The highest BCUT2D eigenvalue weighted by atomic mass is 16.4. The van der Waals surface area contributed by atoms with Crippen LogP contribution in [0.15, 0.2) is 18.3 Å². The molecule has 0 saturated heterocycles. The molecule has 1 aromatic heterocycles. The minimum Gasteiger partial charge on any atom is -0.477 e. The van der Waals surface area contributed by atoms with Crippen molar-refractivity contribution in [2.75, 3.05) is 0 Å². The van der Waals surface area contributed by atoms with Gasteiger partial charge in [-0.15, -0.1) is 0 Å². The fourth-order valence-corrected chi connectivity index (χ4v) is 2.83. The van der Waals surface area contributed by atoms with E-state index >= 15 is 0 Å². The van der Waals surface area contributed by atoms with E-state index in [0.717, 1.165) is 25.7 Å². The summed E-state index contributed by atoms with van der Waals surface area (Å²) in [6, 6.07) is 3.06. The highest BCUT2D eigenvalue weighted by Crippen LogP contribution is 2.27. The Morgan fingerprint density at radius 3 is 2.85 bits per heavy atom. The molecule has 0 radical (unpaired) electrons. The van der Waals surface area contributed by atoms with E-state index < -0.39 is 5.97 Å². The number of carboxylic acid groups (broad SMARTS) is 1. The normalized spacial score (nSPS) is 22.2. The number of carbonyl (C=O) groups excluding carboxylic acids is 1. The van der Waals surface area contributed by atoms with Gasteiger partial charge < -0.3 is 10.4 Å². The Balaban J connectivity index is 2.07. The summed E-state index contributed by atoms with van der Waals surface area (Å²) in [5, 5.41) is 11.9. The second-order valence-corrected chi connectivity index (χ2v) is 5.27. The summed E-state index contributed by atoms with van der Waals surface area (Å²) >= 11 is 0. The van der Waals surface area contributed by atoms with Crippen LogP contribution < -0.4 is 5.32 Å². The van der Waals surface area contributed by atoms with Gasteiger partial charge in [-0.1, -0.05) is 26.2 Å². The van der Waals surface area contributed by atoms with Crippen molar-refractivity contribution in [2.45, 2.75) is 45.1 Å². The molecular formula is C15H20N2O3. The second-order valence-electron chi connectivity index (χ2n) is 5.27. The Morgan fingerprint density at radius 1 is 1.40 bits per heavy atom. The van der Waals surface area contributed by atoms with Gasteiger partial charge in [-0.05, 0) is 30.9 Å². The van der Waals surface area contributed by atoms with Crippen LogP contribution in [0.5, 0.6) is 0 Å². The lowest BCUT2D eigenvalue weighted by Gasteiger charge is -2.31. The molecule has 2 atom stereocenters. The lowest BCUT2D eigenvalue weighted by Crippen LogP contribution is -2.42. The van der Waals surface area contributed by atoms with Gasteiger partial charge in [0.1, 0.15) is 5.69 Å². The molecule has 108 valence electrons. The molecule has 0 aromatic carbocycles. The number of carbonyl (C=O) groups is 2. The van der Waals surface area contributed by atoms with E-state index in [0.29, 0.717) is 11.5 Å². The molecule has 1 aromatic rings. The summed E-state index contributed by atoms with van der Waals surface area (Å²) in [6.07, 6.45) is 6.93. The molecule has 1 aliphatic carbocycles. The van der Waals surface area contributed by atoms with Crippen LogP contribution in [0.1, 0.15) is 59.9 Å². The Bertz CT molecular complexity index is 502. The lowest BCUT2D eigenvalue weighted by molar-refractivity contribution is 0.0690. The molecule has 1 heterocycles. The van der Waals surface area contributed by atoms with Gasteiger partial charge >= 0.3 is 5.97 Å². The third kappa shape index (κ3) is 3.35. The van der Waals surface area contributed by atoms with Gasteiger partial charge in [0.2, 0.25) is 0 Å². The number of carboxylic acids is 1. The highest BCUT2D eigenvalue weighted by Gasteiger charge is 2.25. The molecule has 1 saturated carbocycles. The Kier molecular flexibility index (Phi) is 4.71. The fraction of sp³-hybridized carbons (Fsp3) is 0.533. The summed E-state index contributed by atoms with van der Waals surface area (Å²) < 4.78 is 0. The Morgan fingerprint density at radius 2 is 2.15 bits per heavy atom. The Labute approximate surface area is 118 Å². The second kappa shape index (κ2) is 6.50. The maximum Gasteiger partial charge on any atom is 0.354 e. The molecule has 1 amide bonds. The SMILES string of the molecule is CCC1CCCCC1NC(=O)c1ccnc(C(=O)O)c1. The first-order chi connectivity index (χ1) is 9.61. The summed E-state index contributed by atoms with van der Waals surface area (Å²) in [6.45, 7) is 2.14. The number of rotatable bonds is 4. The van der Waals surface area contributed by atoms with Crippen LogP contribution in [-0.4, -0.2) is 28.0 Å². The molecule has 1 aliphatic rings. The molecule has 2 rings (SSSR count). The van der Waals surface area contributed by atoms with E-state index in [4.69, 9.17) is 5.11 Å². The fourth-order valence-electron chi connectivity index (χ4n) is 2.83. The van der Waals surface area contributed by atoms with Crippen LogP contribution in [0.4, 0.5) is 0 Å². The quantitative estimate of drug-likeness (QED) is 0.885. The largest absolute Gasteiger partial charge is 0.477 e. The minimum atomic E-state index is -1.12. The van der Waals surface area contributed by atoms with Crippen molar-refractivity contribution >= 4 is 11.9 Å². The van der Waals surface area contributed by atoms with Crippen LogP contribution >= 0.6 is 0 Å². The standard InChI is InChI=1S/C15H20N2O3/c1-2-10-5-3-4-6-12(10)17-14(18)11-7-8-16-13(9-11)15(19)20/h7-10,12H,2-6H2,1H3,(H,17,18)(H,19,20). The van der Waals surface area contributed by atoms with Crippen LogP contribution in [0.3, 0.4) is 0 Å². The summed E-state index contributed by atoms with van der Waals surface area (Å²) in [4.78, 5) is 26.8. The average Bonchev–Trinajstić information content (AvgIpc) is 2.48. The first-order valence-electron chi connectivity index (χ1n) is 7.12. The molecule has 0 aliphatic heterocycles. The van der Waals surface area contributed by atoms with Crippen molar-refractivity contribution in [3.63, 3.8) is 0 Å². The molecule has 0 spiro atoms. The number of pyridine rings is 1. The number of hydrogen-bond acceptors (Lipinski definition) is 3. The number of aromatic carboxylic acids is 1. The number of nitrogens with zero attached hydrogens (tertiary/aromatic N) is 1. The average molecular weight is 276 g/mol. The molecule has 1 fully saturated rings. The van der Waals surface area contributed by atoms with Crippen molar-refractivity contribution in [3.05, 3.63) is 29.6 Å². The molecular weight excluding hydrogens is 256 g/mol. The summed E-state index contributed by atoms with van der Waals surface area (Å²) in [5.74, 6) is -0.808. The van der Waals surface area contributed by atoms with E-state index in [2.05, 4.69) is 17.2 Å². The van der Waals surface area contributed by atoms with E-state index in [9.17, 15) is 9.59 Å². The zero-order chi connectivity index (χ0) is 14.5. The van der Waals surface area contributed by atoms with Gasteiger partial charge in [0.15, 0.2) is 0 Å². The number of hydrogen-bond donors (Lipinski definition) is 2. The summed E-state index contributed by atoms with van der Waals surface area (Å²) in [5.41, 5.74) is 0.256. The van der Waals surface area contributed by atoms with Gasteiger partial charge in [-0.3, -0.25) is 4.79 Å². The van der Waals surface area contributed by atoms with Gasteiger partial charge in [-0.2, -0.15) is 0 Å². The third-order valence-electron chi connectivity index (χ3n) is 3.99. The van der Waals surface area contributed by atoms with Crippen molar-refractivity contribution in [1.29, 1.82) is 0 Å². The van der Waals surface area contributed by atoms with Crippen LogP contribution in [0.2, 0.25) is 0 Å². The number of amides is 1. The van der Waals surface area contributed by atoms with Gasteiger partial charge in [-0.25, -0.2) is 9.78 Å². The van der Waals surface area contributed by atoms with E-state index in [1.807, 2.05) is 0 Å². The zero-order valence-electron chi connectivity index (χ0n) is 11.6. The van der Waals surface area contributed by atoms with E-state index in [1.165, 1.54) is 18.7 Å². The highest BCUT2D eigenvalue weighted by molar-refractivity contribution is 5.96. The van der Waals surface area contributed by atoms with Crippen molar-refractivity contribution in [3.8, 4) is 0 Å². The maximum atomic E-state index is 12.2. The Hall–Kier alpha value is -1.91. The molecule has 20 heavy (non-hydrogen) atoms. The molecule has 2 N–H and O–H groups in total. The monoisotopic (exact) mass is 276 g/mol. The molecule has 5 nitrogen and oxygen atoms in total. The first-order valence-corrected chi connectivity index (χ1v) is 7.12. The topological polar surface area (TPSA) is 79.3 Å². The van der Waals surface area contributed by atoms with Crippen molar-refractivity contribution < 1.29 is 14.7 Å². The predicted molar refractivity (Wildman–Crippen MR) is 74.7 cm³/mol. The van der Waals surface area contributed by atoms with Crippen LogP contribution in [0.25, 0.3) is 0 Å². The van der Waals surface area contributed by atoms with E-state index in [-0.39, 0.29) is 17.6 Å². The predicted octanol–water partition coefficient (Wildman–Crippen LogP) is 2.48. The van der Waals surface area contributed by atoms with Crippen LogP contribution in [0, 0.1) is 5.92 Å². The van der Waals surface area contributed by atoms with Gasteiger partial charge in [0.05, 0.1) is 0 Å². The molecule has 5 heteroatoms. The lowest BCUT2D eigenvalue weighted by atomic mass is 9.83. The van der Waals surface area contributed by atoms with Gasteiger partial charge in [0, 0.05) is 17.8 Å². The van der Waals surface area contributed by atoms with Gasteiger partial charge in [0.25, 0.3) is 5.91 Å².